The third-order valence-electron chi connectivity index (χ3n) is 5.13. The molecule has 1 saturated carbocycles. The molecular formula is C16H25N7. The van der Waals surface area contributed by atoms with Crippen LogP contribution in [0.5, 0.6) is 0 Å². The summed E-state index contributed by atoms with van der Waals surface area (Å²) >= 11 is 0. The molecule has 1 atom stereocenters. The zero-order valence-electron chi connectivity index (χ0n) is 14.2. The molecule has 0 radical (unpaired) electrons. The molecule has 2 fully saturated rings. The van der Waals surface area contributed by atoms with E-state index in [1.54, 1.807) is 0 Å². The minimum atomic E-state index is 0.510. The normalized spacial score (nSPS) is 22.1. The van der Waals surface area contributed by atoms with Gasteiger partial charge < -0.3 is 4.57 Å². The maximum Gasteiger partial charge on any atom is 0.147 e. The number of hydrogen-bond acceptors (Lipinski definition) is 5. The number of nitrogens with zero attached hydrogens (tertiary/aromatic N) is 7. The van der Waals surface area contributed by atoms with Gasteiger partial charge in [-0.2, -0.15) is 5.10 Å². The van der Waals surface area contributed by atoms with E-state index in [2.05, 4.69) is 36.8 Å². The Bertz CT molecular complexity index is 697. The van der Waals surface area contributed by atoms with Crippen molar-refractivity contribution in [3.63, 3.8) is 0 Å². The van der Waals surface area contributed by atoms with Gasteiger partial charge in [-0.25, -0.2) is 9.67 Å². The first kappa shape index (κ1) is 14.8. The number of aromatic nitrogens is 6. The van der Waals surface area contributed by atoms with Gasteiger partial charge in [0.15, 0.2) is 0 Å². The lowest BCUT2D eigenvalue weighted by Crippen LogP contribution is -2.34. The maximum absolute atomic E-state index is 4.51. The molecule has 0 aromatic carbocycles. The molecule has 0 N–H and O–H groups in total. The fourth-order valence-corrected chi connectivity index (χ4v) is 3.64. The molecule has 1 saturated heterocycles. The zero-order chi connectivity index (χ0) is 16.0. The van der Waals surface area contributed by atoms with E-state index in [-0.39, 0.29) is 0 Å². The van der Waals surface area contributed by atoms with E-state index in [4.69, 9.17) is 0 Å². The van der Waals surface area contributed by atoms with Gasteiger partial charge in [-0.3, -0.25) is 4.90 Å². The fraction of sp³-hybridized carbons (Fsp3) is 0.750. The second-order valence-corrected chi connectivity index (χ2v) is 6.96. The Balaban J connectivity index is 1.46. The van der Waals surface area contributed by atoms with E-state index in [1.807, 2.05) is 18.5 Å². The van der Waals surface area contributed by atoms with Crippen molar-refractivity contribution >= 4 is 0 Å². The van der Waals surface area contributed by atoms with Gasteiger partial charge in [0.2, 0.25) is 0 Å². The van der Waals surface area contributed by atoms with E-state index < -0.39 is 0 Å². The first-order valence-corrected chi connectivity index (χ1v) is 8.62. The molecule has 7 heteroatoms. The summed E-state index contributed by atoms with van der Waals surface area (Å²) in [6.45, 7) is 6.91. The summed E-state index contributed by atoms with van der Waals surface area (Å²) in [6, 6.07) is 0.510. The molecule has 2 aliphatic rings. The molecule has 3 heterocycles. The average Bonchev–Trinajstić information content (AvgIpc) is 3.04. The summed E-state index contributed by atoms with van der Waals surface area (Å²) < 4.78 is 4.25. The zero-order valence-corrected chi connectivity index (χ0v) is 14.2. The van der Waals surface area contributed by atoms with Crippen LogP contribution < -0.4 is 0 Å². The van der Waals surface area contributed by atoms with Crippen molar-refractivity contribution in [2.24, 2.45) is 7.05 Å². The predicted molar refractivity (Wildman–Crippen MR) is 85.9 cm³/mol. The van der Waals surface area contributed by atoms with Crippen LogP contribution in [0.25, 0.3) is 0 Å². The van der Waals surface area contributed by atoms with Crippen LogP contribution in [0, 0.1) is 13.8 Å². The van der Waals surface area contributed by atoms with Gasteiger partial charge in [-0.05, 0) is 46.1 Å². The smallest absolute Gasteiger partial charge is 0.147 e. The Labute approximate surface area is 136 Å². The summed E-state index contributed by atoms with van der Waals surface area (Å²) in [6.07, 6.45) is 4.99. The first-order chi connectivity index (χ1) is 11.1. The molecule has 23 heavy (non-hydrogen) atoms. The van der Waals surface area contributed by atoms with Crippen LogP contribution in [-0.2, 0) is 20.1 Å². The van der Waals surface area contributed by atoms with Crippen molar-refractivity contribution in [3.8, 4) is 0 Å². The maximum atomic E-state index is 4.51. The van der Waals surface area contributed by atoms with E-state index >= 15 is 0 Å². The number of likely N-dealkylation sites (tertiary alicyclic amines) is 1. The summed E-state index contributed by atoms with van der Waals surface area (Å²) in [5, 5.41) is 13.4. The highest BCUT2D eigenvalue weighted by Gasteiger charge is 2.31. The highest BCUT2D eigenvalue weighted by atomic mass is 15.4. The van der Waals surface area contributed by atoms with E-state index in [0.717, 1.165) is 37.1 Å². The Hall–Kier alpha value is -1.76. The van der Waals surface area contributed by atoms with Crippen LogP contribution in [-0.4, -0.2) is 47.0 Å². The molecule has 0 amide bonds. The van der Waals surface area contributed by atoms with Gasteiger partial charge in [0.05, 0.1) is 13.1 Å². The van der Waals surface area contributed by atoms with Crippen LogP contribution in [0.15, 0.2) is 0 Å². The summed E-state index contributed by atoms with van der Waals surface area (Å²) in [5.41, 5.74) is 0. The lowest BCUT2D eigenvalue weighted by Gasteiger charge is -2.24. The standard InChI is InChI=1S/C16H25N7/c1-11-17-12(2)23(20-11)9-14-5-4-8-22(14)10-15-18-19-16(21(15)3)13-6-7-13/h13-14H,4-10H2,1-3H3/t14-/m0/s1. The first-order valence-electron chi connectivity index (χ1n) is 8.62. The third-order valence-corrected chi connectivity index (χ3v) is 5.13. The fourth-order valence-electron chi connectivity index (χ4n) is 3.64. The number of rotatable bonds is 5. The Kier molecular flexibility index (Phi) is 3.67. The Morgan fingerprint density at radius 2 is 1.96 bits per heavy atom. The molecule has 0 bridgehead atoms. The van der Waals surface area contributed by atoms with Gasteiger partial charge in [-0.1, -0.05) is 0 Å². The summed E-state index contributed by atoms with van der Waals surface area (Å²) in [5.74, 6) is 4.76. The van der Waals surface area contributed by atoms with E-state index in [9.17, 15) is 0 Å². The lowest BCUT2D eigenvalue weighted by atomic mass is 10.2. The van der Waals surface area contributed by atoms with Crippen molar-refractivity contribution in [2.75, 3.05) is 6.54 Å². The van der Waals surface area contributed by atoms with Crippen molar-refractivity contribution in [1.29, 1.82) is 0 Å². The molecule has 7 nitrogen and oxygen atoms in total. The van der Waals surface area contributed by atoms with Crippen LogP contribution in [0.2, 0.25) is 0 Å². The van der Waals surface area contributed by atoms with Gasteiger partial charge in [0, 0.05) is 19.0 Å². The van der Waals surface area contributed by atoms with E-state index in [0.29, 0.717) is 12.0 Å². The SMILES string of the molecule is Cc1nc(C)n(C[C@@H]2CCCN2Cc2nnc(C3CC3)n2C)n1. The van der Waals surface area contributed by atoms with Gasteiger partial charge in [-0.15, -0.1) is 10.2 Å². The quantitative estimate of drug-likeness (QED) is 0.838. The highest BCUT2D eigenvalue weighted by molar-refractivity contribution is 5.08. The van der Waals surface area contributed by atoms with Gasteiger partial charge >= 0.3 is 0 Å². The van der Waals surface area contributed by atoms with Crippen LogP contribution >= 0.6 is 0 Å². The Morgan fingerprint density at radius 3 is 2.65 bits per heavy atom. The highest BCUT2D eigenvalue weighted by Crippen LogP contribution is 2.38. The summed E-state index contributed by atoms with van der Waals surface area (Å²) in [4.78, 5) is 6.94. The van der Waals surface area contributed by atoms with Crippen LogP contribution in [0.4, 0.5) is 0 Å². The van der Waals surface area contributed by atoms with Gasteiger partial charge in [0.1, 0.15) is 23.3 Å². The van der Waals surface area contributed by atoms with Crippen molar-refractivity contribution in [2.45, 2.75) is 64.6 Å². The van der Waals surface area contributed by atoms with Crippen LogP contribution in [0.1, 0.15) is 54.9 Å². The molecule has 1 aliphatic heterocycles. The molecule has 2 aromatic heterocycles. The largest absolute Gasteiger partial charge is 0.317 e. The van der Waals surface area contributed by atoms with Crippen molar-refractivity contribution < 1.29 is 0 Å². The molecule has 0 spiro atoms. The van der Waals surface area contributed by atoms with Crippen molar-refractivity contribution in [1.82, 2.24) is 34.4 Å². The average molecular weight is 315 g/mol. The second-order valence-electron chi connectivity index (χ2n) is 6.96. The molecule has 4 rings (SSSR count). The number of aryl methyl sites for hydroxylation is 2. The molecule has 124 valence electrons. The molecular weight excluding hydrogens is 290 g/mol. The minimum Gasteiger partial charge on any atom is -0.317 e. The second kappa shape index (κ2) is 5.70. The topological polar surface area (TPSA) is 64.7 Å². The van der Waals surface area contributed by atoms with Gasteiger partial charge in [0.25, 0.3) is 0 Å². The predicted octanol–water partition coefficient (Wildman–Crippen LogP) is 1.57. The monoisotopic (exact) mass is 315 g/mol. The third kappa shape index (κ3) is 2.89. The molecule has 2 aromatic rings. The van der Waals surface area contributed by atoms with Crippen molar-refractivity contribution in [3.05, 3.63) is 23.3 Å². The number of hydrogen-bond donors (Lipinski definition) is 0. The van der Waals surface area contributed by atoms with E-state index in [1.165, 1.54) is 31.5 Å². The van der Waals surface area contributed by atoms with Crippen LogP contribution in [0.3, 0.4) is 0 Å². The lowest BCUT2D eigenvalue weighted by molar-refractivity contribution is 0.211. The molecule has 0 unspecified atom stereocenters. The summed E-state index contributed by atoms with van der Waals surface area (Å²) in [7, 11) is 2.11. The molecule has 1 aliphatic carbocycles. The minimum absolute atomic E-state index is 0.510. The Morgan fingerprint density at radius 1 is 1.13 bits per heavy atom.